The number of benzene rings is 2. The van der Waals surface area contributed by atoms with Gasteiger partial charge in [0.2, 0.25) is 5.91 Å². The minimum atomic E-state index is -0.736. The van der Waals surface area contributed by atoms with E-state index in [-0.39, 0.29) is 24.3 Å². The quantitative estimate of drug-likeness (QED) is 0.731. The number of nitriles is 1. The molecule has 0 spiro atoms. The average molecular weight is 408 g/mol. The van der Waals surface area contributed by atoms with Gasteiger partial charge in [0.15, 0.2) is 0 Å². The number of rotatable bonds is 6. The Morgan fingerprint density at radius 1 is 1.20 bits per heavy atom. The Hall–Kier alpha value is -3.86. The standard InChI is InChI=1S/C22H18F2N4O2/c1-14(5-6-21(29)27-19-4-2-3-15(9-19)13-25)22(30)28-20(7-8-26-28)16-10-17(23)12-18(24)11-16/h2-4,8-12,20H,1,5-7H2,(H,27,29). The van der Waals surface area contributed by atoms with Crippen molar-refractivity contribution in [1.29, 1.82) is 5.26 Å². The number of hydrogen-bond donors (Lipinski definition) is 1. The molecule has 2 aromatic carbocycles. The molecule has 0 aromatic heterocycles. The molecule has 3 rings (SSSR count). The van der Waals surface area contributed by atoms with Crippen LogP contribution in [0, 0.1) is 23.0 Å². The molecule has 1 heterocycles. The molecule has 0 bridgehead atoms. The smallest absolute Gasteiger partial charge is 0.269 e. The lowest BCUT2D eigenvalue weighted by Gasteiger charge is -2.23. The molecule has 1 N–H and O–H groups in total. The molecule has 0 saturated carbocycles. The second-order valence-corrected chi connectivity index (χ2v) is 6.75. The maximum absolute atomic E-state index is 13.5. The number of carbonyl (C=O) groups excluding carboxylic acids is 2. The van der Waals surface area contributed by atoms with Crippen LogP contribution in [-0.2, 0) is 9.59 Å². The summed E-state index contributed by atoms with van der Waals surface area (Å²) in [7, 11) is 0. The molecule has 0 radical (unpaired) electrons. The molecule has 30 heavy (non-hydrogen) atoms. The molecule has 8 heteroatoms. The number of halogens is 2. The van der Waals surface area contributed by atoms with E-state index in [2.05, 4.69) is 17.0 Å². The van der Waals surface area contributed by atoms with Crippen LogP contribution < -0.4 is 5.32 Å². The van der Waals surface area contributed by atoms with Crippen LogP contribution in [0.15, 0.2) is 59.7 Å². The van der Waals surface area contributed by atoms with Gasteiger partial charge in [-0.3, -0.25) is 9.59 Å². The van der Waals surface area contributed by atoms with E-state index in [1.807, 2.05) is 6.07 Å². The number of hydrogen-bond acceptors (Lipinski definition) is 4. The Kier molecular flexibility index (Phi) is 6.32. The predicted octanol–water partition coefficient (Wildman–Crippen LogP) is 4.07. The molecule has 1 atom stereocenters. The Bertz CT molecular complexity index is 1050. The minimum absolute atomic E-state index is 0.00182. The first-order valence-electron chi connectivity index (χ1n) is 9.17. The van der Waals surface area contributed by atoms with Crippen LogP contribution in [0.4, 0.5) is 14.5 Å². The van der Waals surface area contributed by atoms with Crippen LogP contribution in [0.25, 0.3) is 0 Å². The predicted molar refractivity (Wildman–Crippen MR) is 107 cm³/mol. The Morgan fingerprint density at radius 2 is 1.93 bits per heavy atom. The fourth-order valence-corrected chi connectivity index (χ4v) is 3.08. The van der Waals surface area contributed by atoms with E-state index in [9.17, 15) is 18.4 Å². The summed E-state index contributed by atoms with van der Waals surface area (Å²) in [6.07, 6.45) is 1.89. The summed E-state index contributed by atoms with van der Waals surface area (Å²) in [6.45, 7) is 3.73. The molecule has 1 unspecified atom stereocenters. The number of amides is 2. The van der Waals surface area contributed by atoms with Gasteiger partial charge in [-0.1, -0.05) is 12.6 Å². The Morgan fingerprint density at radius 3 is 2.63 bits per heavy atom. The molecule has 2 aromatic rings. The monoisotopic (exact) mass is 408 g/mol. The van der Waals surface area contributed by atoms with Crippen molar-refractivity contribution in [2.45, 2.75) is 25.3 Å². The first-order valence-corrected chi connectivity index (χ1v) is 9.17. The van der Waals surface area contributed by atoms with Crippen LogP contribution >= 0.6 is 0 Å². The zero-order valence-corrected chi connectivity index (χ0v) is 15.9. The van der Waals surface area contributed by atoms with Crippen molar-refractivity contribution in [3.05, 3.63) is 77.4 Å². The largest absolute Gasteiger partial charge is 0.326 e. The third-order valence-electron chi connectivity index (χ3n) is 4.54. The summed E-state index contributed by atoms with van der Waals surface area (Å²) < 4.78 is 27.1. The van der Waals surface area contributed by atoms with Crippen LogP contribution in [0.1, 0.15) is 36.4 Å². The maximum atomic E-state index is 13.5. The van der Waals surface area contributed by atoms with Crippen molar-refractivity contribution in [3.8, 4) is 6.07 Å². The van der Waals surface area contributed by atoms with E-state index in [1.165, 1.54) is 6.21 Å². The molecule has 1 aliphatic heterocycles. The number of nitrogens with one attached hydrogen (secondary N) is 1. The summed E-state index contributed by atoms with van der Waals surface area (Å²) >= 11 is 0. The maximum Gasteiger partial charge on any atom is 0.269 e. The van der Waals surface area contributed by atoms with Crippen LogP contribution in [0.3, 0.4) is 0 Å². The highest BCUT2D eigenvalue weighted by Gasteiger charge is 2.30. The van der Waals surface area contributed by atoms with E-state index in [0.717, 1.165) is 23.2 Å². The Labute approximate surface area is 172 Å². The van der Waals surface area contributed by atoms with Crippen LogP contribution in [-0.4, -0.2) is 23.0 Å². The van der Waals surface area contributed by atoms with Gasteiger partial charge in [0.1, 0.15) is 11.6 Å². The molecule has 0 aliphatic carbocycles. The highest BCUT2D eigenvalue weighted by Crippen LogP contribution is 2.30. The lowest BCUT2D eigenvalue weighted by molar-refractivity contribution is -0.129. The van der Waals surface area contributed by atoms with Gasteiger partial charge in [0.05, 0.1) is 17.7 Å². The number of carbonyl (C=O) groups is 2. The average Bonchev–Trinajstić information content (AvgIpc) is 3.20. The minimum Gasteiger partial charge on any atom is -0.326 e. The third kappa shape index (κ3) is 4.94. The SMILES string of the molecule is C=C(CCC(=O)Nc1cccc(C#N)c1)C(=O)N1N=CCC1c1cc(F)cc(F)c1. The summed E-state index contributed by atoms with van der Waals surface area (Å²) in [5, 5.41) is 16.7. The van der Waals surface area contributed by atoms with Crippen molar-refractivity contribution >= 4 is 23.7 Å². The number of anilines is 1. The van der Waals surface area contributed by atoms with Gasteiger partial charge in [0.25, 0.3) is 5.91 Å². The van der Waals surface area contributed by atoms with Gasteiger partial charge < -0.3 is 5.32 Å². The highest BCUT2D eigenvalue weighted by atomic mass is 19.1. The van der Waals surface area contributed by atoms with Crippen molar-refractivity contribution in [2.75, 3.05) is 5.32 Å². The zero-order valence-electron chi connectivity index (χ0n) is 15.9. The topological polar surface area (TPSA) is 85.6 Å². The summed E-state index contributed by atoms with van der Waals surface area (Å²) in [5.74, 6) is -2.33. The van der Waals surface area contributed by atoms with Crippen LogP contribution in [0.2, 0.25) is 0 Å². The van der Waals surface area contributed by atoms with Gasteiger partial charge in [-0.05, 0) is 42.3 Å². The van der Waals surface area contributed by atoms with Crippen molar-refractivity contribution in [1.82, 2.24) is 5.01 Å². The molecule has 0 saturated heterocycles. The van der Waals surface area contributed by atoms with Gasteiger partial charge in [-0.15, -0.1) is 0 Å². The van der Waals surface area contributed by atoms with Gasteiger partial charge in [-0.25, -0.2) is 13.8 Å². The van der Waals surface area contributed by atoms with Crippen molar-refractivity contribution in [2.24, 2.45) is 5.10 Å². The highest BCUT2D eigenvalue weighted by molar-refractivity contribution is 5.96. The van der Waals surface area contributed by atoms with Gasteiger partial charge in [-0.2, -0.15) is 10.4 Å². The molecule has 2 amide bonds. The molecule has 152 valence electrons. The van der Waals surface area contributed by atoms with E-state index < -0.39 is 23.6 Å². The molecule has 1 aliphatic rings. The van der Waals surface area contributed by atoms with Gasteiger partial charge in [0, 0.05) is 36.4 Å². The molecular weight excluding hydrogens is 390 g/mol. The lowest BCUT2D eigenvalue weighted by atomic mass is 10.0. The fraction of sp³-hybridized carbons (Fsp3) is 0.182. The molecule has 0 fully saturated rings. The summed E-state index contributed by atoms with van der Waals surface area (Å²) in [5.41, 5.74) is 1.34. The molecular formula is C22H18F2N4O2. The molecule has 6 nitrogen and oxygen atoms in total. The van der Waals surface area contributed by atoms with E-state index >= 15 is 0 Å². The van der Waals surface area contributed by atoms with Gasteiger partial charge >= 0.3 is 0 Å². The van der Waals surface area contributed by atoms with E-state index in [0.29, 0.717) is 23.2 Å². The first-order chi connectivity index (χ1) is 14.4. The van der Waals surface area contributed by atoms with Crippen LogP contribution in [0.5, 0.6) is 0 Å². The summed E-state index contributed by atoms with van der Waals surface area (Å²) in [4.78, 5) is 24.9. The second-order valence-electron chi connectivity index (χ2n) is 6.75. The fourth-order valence-electron chi connectivity index (χ4n) is 3.08. The Balaban J connectivity index is 1.59. The number of hydrazone groups is 1. The first kappa shape index (κ1) is 20.9. The van der Waals surface area contributed by atoms with E-state index in [4.69, 9.17) is 5.26 Å². The van der Waals surface area contributed by atoms with Crippen molar-refractivity contribution in [3.63, 3.8) is 0 Å². The van der Waals surface area contributed by atoms with Crippen molar-refractivity contribution < 1.29 is 18.4 Å². The zero-order chi connectivity index (χ0) is 21.7. The number of nitrogens with zero attached hydrogens (tertiary/aromatic N) is 3. The normalized spacial score (nSPS) is 15.0. The third-order valence-corrected chi connectivity index (χ3v) is 4.54. The lowest BCUT2D eigenvalue weighted by Crippen LogP contribution is -2.28. The van der Waals surface area contributed by atoms with E-state index in [1.54, 1.807) is 24.3 Å². The second kappa shape index (κ2) is 9.09. The summed E-state index contributed by atoms with van der Waals surface area (Å²) in [6, 6.07) is 10.9.